The highest BCUT2D eigenvalue weighted by Crippen LogP contribution is 2.16. The van der Waals surface area contributed by atoms with Crippen molar-refractivity contribution in [3.8, 4) is 5.75 Å². The largest absolute Gasteiger partial charge is 0.497 e. The maximum Gasteiger partial charge on any atom is 0.247 e. The van der Waals surface area contributed by atoms with Crippen LogP contribution in [-0.2, 0) is 10.5 Å². The third-order valence-electron chi connectivity index (χ3n) is 1.49. The van der Waals surface area contributed by atoms with Gasteiger partial charge in [-0.2, -0.15) is 0 Å². The summed E-state index contributed by atoms with van der Waals surface area (Å²) in [7, 11) is 1.63. The van der Waals surface area contributed by atoms with Crippen LogP contribution in [0.2, 0.25) is 0 Å². The molecule has 0 aliphatic heterocycles. The highest BCUT2D eigenvalue weighted by Gasteiger charge is 1.93. The van der Waals surface area contributed by atoms with E-state index in [1.54, 1.807) is 7.11 Å². The van der Waals surface area contributed by atoms with Crippen LogP contribution in [0.5, 0.6) is 5.75 Å². The van der Waals surface area contributed by atoms with Crippen LogP contribution < -0.4 is 4.74 Å². The Morgan fingerprint density at radius 1 is 1.46 bits per heavy atom. The van der Waals surface area contributed by atoms with Gasteiger partial charge in [0.15, 0.2) is 0 Å². The van der Waals surface area contributed by atoms with Crippen LogP contribution in [-0.4, -0.2) is 13.2 Å². The molecule has 0 unspecified atom stereocenters. The first-order valence-electron chi connectivity index (χ1n) is 3.69. The minimum Gasteiger partial charge on any atom is -0.497 e. The van der Waals surface area contributed by atoms with Gasteiger partial charge in [-0.3, -0.25) is 0 Å². The minimum absolute atomic E-state index is 0.680. The Balaban J connectivity index is 2.53. The Labute approximate surface area is 81.0 Å². The first kappa shape index (κ1) is 9.84. The number of methoxy groups -OCH3 is 1. The van der Waals surface area contributed by atoms with Crippen LogP contribution in [0.15, 0.2) is 28.7 Å². The second-order valence-corrected chi connectivity index (χ2v) is 3.03. The SMILES string of the molecule is COc1ccc(CSN=C=O)cc1. The first-order valence-corrected chi connectivity index (χ1v) is 4.63. The molecule has 0 fully saturated rings. The third kappa shape index (κ3) is 3.32. The number of carbonyl (C=O) groups excluding carboxylic acids is 1. The molecular weight excluding hydrogens is 186 g/mol. The fourth-order valence-electron chi connectivity index (χ4n) is 0.855. The minimum atomic E-state index is 0.680. The summed E-state index contributed by atoms with van der Waals surface area (Å²) in [5, 5.41) is 0. The Kier molecular flexibility index (Phi) is 4.09. The van der Waals surface area contributed by atoms with Crippen molar-refractivity contribution in [2.24, 2.45) is 4.40 Å². The highest BCUT2D eigenvalue weighted by molar-refractivity contribution is 7.97. The molecule has 68 valence electrons. The van der Waals surface area contributed by atoms with Crippen LogP contribution in [0.3, 0.4) is 0 Å². The van der Waals surface area contributed by atoms with Crippen molar-refractivity contribution in [3.05, 3.63) is 29.8 Å². The average Bonchev–Trinajstić information content (AvgIpc) is 2.19. The number of isocyanates is 1. The fourth-order valence-corrected chi connectivity index (χ4v) is 1.31. The molecule has 0 bridgehead atoms. The quantitative estimate of drug-likeness (QED) is 0.420. The molecule has 0 amide bonds. The Hall–Kier alpha value is -1.25. The summed E-state index contributed by atoms with van der Waals surface area (Å²) < 4.78 is 8.39. The molecule has 0 N–H and O–H groups in total. The van der Waals surface area contributed by atoms with E-state index in [4.69, 9.17) is 4.74 Å². The van der Waals surface area contributed by atoms with Crippen molar-refractivity contribution in [2.45, 2.75) is 5.75 Å². The van der Waals surface area contributed by atoms with Crippen LogP contribution in [0.25, 0.3) is 0 Å². The van der Waals surface area contributed by atoms with Crippen LogP contribution >= 0.6 is 11.9 Å². The third-order valence-corrected chi connectivity index (χ3v) is 2.16. The van der Waals surface area contributed by atoms with Crippen molar-refractivity contribution in [1.82, 2.24) is 0 Å². The van der Waals surface area contributed by atoms with E-state index in [2.05, 4.69) is 4.40 Å². The van der Waals surface area contributed by atoms with Gasteiger partial charge in [-0.1, -0.05) is 12.1 Å². The van der Waals surface area contributed by atoms with Crippen LogP contribution in [0.1, 0.15) is 5.56 Å². The topological polar surface area (TPSA) is 38.7 Å². The molecule has 0 aromatic heterocycles. The summed E-state index contributed by atoms with van der Waals surface area (Å²) >= 11 is 1.18. The van der Waals surface area contributed by atoms with Crippen LogP contribution in [0, 0.1) is 0 Å². The normalized spacial score (nSPS) is 9.00. The predicted octanol–water partition coefficient (Wildman–Crippen LogP) is 2.18. The number of hydrogen-bond donors (Lipinski definition) is 0. The zero-order valence-electron chi connectivity index (χ0n) is 7.19. The predicted molar refractivity (Wildman–Crippen MR) is 52.4 cm³/mol. The molecule has 13 heavy (non-hydrogen) atoms. The number of rotatable bonds is 4. The lowest BCUT2D eigenvalue weighted by Crippen LogP contribution is -1.83. The van der Waals surface area contributed by atoms with Crippen molar-refractivity contribution in [3.63, 3.8) is 0 Å². The molecule has 0 atom stereocenters. The van der Waals surface area contributed by atoms with Gasteiger partial charge in [0.25, 0.3) is 0 Å². The molecule has 0 spiro atoms. The Bertz CT molecular complexity index is 304. The van der Waals surface area contributed by atoms with Gasteiger partial charge < -0.3 is 4.74 Å². The van der Waals surface area contributed by atoms with Crippen molar-refractivity contribution >= 4 is 18.0 Å². The van der Waals surface area contributed by atoms with E-state index in [1.807, 2.05) is 24.3 Å². The number of ether oxygens (including phenoxy) is 1. The maximum absolute atomic E-state index is 9.76. The van der Waals surface area contributed by atoms with Gasteiger partial charge in [-0.25, -0.2) is 4.79 Å². The molecule has 3 nitrogen and oxygen atoms in total. The molecule has 0 saturated heterocycles. The molecule has 0 radical (unpaired) electrons. The van der Waals surface area contributed by atoms with Crippen molar-refractivity contribution in [2.75, 3.05) is 7.11 Å². The van der Waals surface area contributed by atoms with E-state index in [0.29, 0.717) is 5.75 Å². The first-order chi connectivity index (χ1) is 6.36. The van der Waals surface area contributed by atoms with E-state index < -0.39 is 0 Å². The molecule has 0 aliphatic carbocycles. The standard InChI is InChI=1S/C9H9NO2S/c1-12-9-4-2-8(3-5-9)6-13-10-7-11/h2-5H,6H2,1H3. The lowest BCUT2D eigenvalue weighted by molar-refractivity contribution is 0.414. The van der Waals surface area contributed by atoms with Gasteiger partial charge in [0, 0.05) is 5.75 Å². The summed E-state index contributed by atoms with van der Waals surface area (Å²) in [4.78, 5) is 9.76. The maximum atomic E-state index is 9.76. The Morgan fingerprint density at radius 3 is 2.69 bits per heavy atom. The number of hydrogen-bond acceptors (Lipinski definition) is 4. The highest BCUT2D eigenvalue weighted by atomic mass is 32.2. The summed E-state index contributed by atoms with van der Waals surface area (Å²) in [5.41, 5.74) is 1.10. The molecule has 1 aromatic rings. The van der Waals surface area contributed by atoms with E-state index in [1.165, 1.54) is 18.0 Å². The zero-order valence-corrected chi connectivity index (χ0v) is 8.00. The van der Waals surface area contributed by atoms with E-state index in [0.717, 1.165) is 11.3 Å². The fraction of sp³-hybridized carbons (Fsp3) is 0.222. The molecular formula is C9H9NO2S. The molecule has 4 heteroatoms. The molecule has 1 aromatic carbocycles. The van der Waals surface area contributed by atoms with E-state index >= 15 is 0 Å². The second-order valence-electron chi connectivity index (χ2n) is 2.30. The summed E-state index contributed by atoms with van der Waals surface area (Å²) in [6.07, 6.45) is 1.47. The zero-order chi connectivity index (χ0) is 9.52. The van der Waals surface area contributed by atoms with Gasteiger partial charge in [-0.15, -0.1) is 4.40 Å². The molecule has 1 rings (SSSR count). The van der Waals surface area contributed by atoms with Gasteiger partial charge in [0.2, 0.25) is 6.08 Å². The van der Waals surface area contributed by atoms with Crippen molar-refractivity contribution < 1.29 is 9.53 Å². The van der Waals surface area contributed by atoms with Gasteiger partial charge >= 0.3 is 0 Å². The van der Waals surface area contributed by atoms with E-state index in [9.17, 15) is 4.79 Å². The summed E-state index contributed by atoms with van der Waals surface area (Å²) in [5.74, 6) is 1.51. The van der Waals surface area contributed by atoms with Gasteiger partial charge in [0.1, 0.15) is 5.75 Å². The lowest BCUT2D eigenvalue weighted by atomic mass is 10.2. The van der Waals surface area contributed by atoms with Crippen LogP contribution in [0.4, 0.5) is 0 Å². The van der Waals surface area contributed by atoms with Gasteiger partial charge in [0.05, 0.1) is 7.11 Å². The summed E-state index contributed by atoms with van der Waals surface area (Å²) in [6, 6.07) is 7.62. The number of benzene rings is 1. The van der Waals surface area contributed by atoms with E-state index in [-0.39, 0.29) is 0 Å². The second kappa shape index (κ2) is 5.41. The molecule has 0 heterocycles. The smallest absolute Gasteiger partial charge is 0.247 e. The summed E-state index contributed by atoms with van der Waals surface area (Å²) in [6.45, 7) is 0. The van der Waals surface area contributed by atoms with Gasteiger partial charge in [-0.05, 0) is 29.6 Å². The average molecular weight is 195 g/mol. The monoisotopic (exact) mass is 195 g/mol. The lowest BCUT2D eigenvalue weighted by Gasteiger charge is -2.00. The Morgan fingerprint density at radius 2 is 2.15 bits per heavy atom. The molecule has 0 aliphatic rings. The van der Waals surface area contributed by atoms with Crippen molar-refractivity contribution in [1.29, 1.82) is 0 Å². The number of nitrogens with zero attached hydrogens (tertiary/aromatic N) is 1. The molecule has 0 saturated carbocycles.